The molecule has 3 rings (SSSR count). The third kappa shape index (κ3) is 2.36. The van der Waals surface area contributed by atoms with Gasteiger partial charge >= 0.3 is 0 Å². The fraction of sp³-hybridized carbons (Fsp3) is 0. The van der Waals surface area contributed by atoms with Gasteiger partial charge in [0.25, 0.3) is 0 Å². The van der Waals surface area contributed by atoms with E-state index in [-0.39, 0.29) is 0 Å². The van der Waals surface area contributed by atoms with Crippen LogP contribution in [0.3, 0.4) is 0 Å². The molecular weight excluding hydrogens is 262 g/mol. The lowest BCUT2D eigenvalue weighted by atomic mass is 10.3. The second-order valence-corrected chi connectivity index (χ2v) is 4.03. The Labute approximate surface area is 113 Å². The molecule has 19 heavy (non-hydrogen) atoms. The first kappa shape index (κ1) is 11.5. The summed E-state index contributed by atoms with van der Waals surface area (Å²) in [5, 5.41) is 11.1. The van der Waals surface area contributed by atoms with Crippen LogP contribution in [0.4, 0.5) is 0 Å². The van der Waals surface area contributed by atoms with E-state index in [9.17, 15) is 0 Å². The molecule has 0 saturated carbocycles. The molecule has 3 aromatic heterocycles. The first-order valence-electron chi connectivity index (χ1n) is 5.51. The van der Waals surface area contributed by atoms with Crippen molar-refractivity contribution in [3.05, 3.63) is 53.3 Å². The topological polar surface area (TPSA) is 72.0 Å². The summed E-state index contributed by atoms with van der Waals surface area (Å²) in [5.74, 6) is 1.18. The van der Waals surface area contributed by atoms with E-state index in [4.69, 9.17) is 16.6 Å². The quantitative estimate of drug-likeness (QED) is 0.586. The van der Waals surface area contributed by atoms with Crippen LogP contribution in [0.5, 0.6) is 0 Å². The number of aromatic amines is 1. The van der Waals surface area contributed by atoms with Crippen molar-refractivity contribution in [1.29, 1.82) is 0 Å². The van der Waals surface area contributed by atoms with Gasteiger partial charge in [0.2, 0.25) is 10.6 Å². The Balaban J connectivity index is 2.02. The van der Waals surface area contributed by atoms with Gasteiger partial charge in [-0.25, -0.2) is 5.10 Å². The van der Waals surface area contributed by atoms with E-state index >= 15 is 0 Å². The predicted octanol–water partition coefficient (Wildman–Crippen LogP) is 2.48. The number of pyridine rings is 1. The van der Waals surface area contributed by atoms with Crippen LogP contribution in [-0.2, 0) is 0 Å². The zero-order valence-corrected chi connectivity index (χ0v) is 10.5. The minimum absolute atomic E-state index is 0.392. The van der Waals surface area contributed by atoms with Crippen LogP contribution in [-0.4, -0.2) is 26.1 Å². The lowest BCUT2D eigenvalue weighted by Crippen LogP contribution is -1.95. The number of hydrogen-bond acceptors (Lipinski definition) is 5. The summed E-state index contributed by atoms with van der Waals surface area (Å²) in [4.78, 5) is 4.22. The van der Waals surface area contributed by atoms with Crippen LogP contribution in [0.25, 0.3) is 11.5 Å². The molecule has 0 unspecified atom stereocenters. The van der Waals surface area contributed by atoms with Crippen molar-refractivity contribution in [2.24, 2.45) is 5.10 Å². The molecule has 0 saturated heterocycles. The first-order valence-corrected chi connectivity index (χ1v) is 5.92. The smallest absolute Gasteiger partial charge is 0.216 e. The van der Waals surface area contributed by atoms with Gasteiger partial charge in [0.05, 0.1) is 12.5 Å². The van der Waals surface area contributed by atoms with E-state index in [1.807, 2.05) is 18.2 Å². The molecule has 0 aliphatic heterocycles. The number of H-pyrrole nitrogens is 1. The van der Waals surface area contributed by atoms with Crippen molar-refractivity contribution >= 4 is 18.4 Å². The molecule has 0 aliphatic carbocycles. The largest absolute Gasteiger partial charge is 0.463 e. The maximum Gasteiger partial charge on any atom is 0.216 e. The standard InChI is InChI=1S/C12H9N5OS/c19-12-16-15-11(10-5-1-2-6-13-10)17(12)14-8-9-4-3-7-18-9/h1-8H,(H,16,19)/b14-8-. The van der Waals surface area contributed by atoms with Gasteiger partial charge in [-0.05, 0) is 36.5 Å². The molecule has 3 aromatic rings. The highest BCUT2D eigenvalue weighted by molar-refractivity contribution is 7.71. The molecule has 0 radical (unpaired) electrons. The Morgan fingerprint density at radius 1 is 1.32 bits per heavy atom. The van der Waals surface area contributed by atoms with Crippen molar-refractivity contribution in [1.82, 2.24) is 19.9 Å². The Morgan fingerprint density at radius 2 is 2.26 bits per heavy atom. The molecule has 0 spiro atoms. The number of rotatable bonds is 3. The second kappa shape index (κ2) is 4.99. The molecule has 0 bridgehead atoms. The third-order valence-electron chi connectivity index (χ3n) is 2.39. The summed E-state index contributed by atoms with van der Waals surface area (Å²) >= 11 is 5.14. The van der Waals surface area contributed by atoms with Crippen molar-refractivity contribution in [2.45, 2.75) is 0 Å². The zero-order valence-electron chi connectivity index (χ0n) is 9.72. The van der Waals surface area contributed by atoms with Gasteiger partial charge in [0.15, 0.2) is 0 Å². The van der Waals surface area contributed by atoms with E-state index in [2.05, 4.69) is 20.3 Å². The molecule has 0 aromatic carbocycles. The maximum absolute atomic E-state index is 5.17. The Kier molecular flexibility index (Phi) is 3.03. The van der Waals surface area contributed by atoms with E-state index < -0.39 is 0 Å². The molecule has 0 amide bonds. The van der Waals surface area contributed by atoms with Crippen LogP contribution in [0.2, 0.25) is 0 Å². The summed E-state index contributed by atoms with van der Waals surface area (Å²) in [6, 6.07) is 9.13. The first-order chi connectivity index (χ1) is 9.34. The van der Waals surface area contributed by atoms with Gasteiger partial charge in [-0.3, -0.25) is 4.98 Å². The number of nitrogens with zero attached hydrogens (tertiary/aromatic N) is 4. The molecular formula is C12H9N5OS. The molecule has 0 atom stereocenters. The fourth-order valence-electron chi connectivity index (χ4n) is 1.54. The van der Waals surface area contributed by atoms with Crippen LogP contribution < -0.4 is 0 Å². The number of furan rings is 1. The van der Waals surface area contributed by atoms with E-state index in [0.717, 1.165) is 0 Å². The lowest BCUT2D eigenvalue weighted by molar-refractivity contribution is 0.559. The normalized spacial score (nSPS) is 11.2. The van der Waals surface area contributed by atoms with Gasteiger partial charge < -0.3 is 4.42 Å². The van der Waals surface area contributed by atoms with E-state index in [0.29, 0.717) is 22.0 Å². The monoisotopic (exact) mass is 271 g/mol. The lowest BCUT2D eigenvalue weighted by Gasteiger charge is -1.98. The third-order valence-corrected chi connectivity index (χ3v) is 2.65. The molecule has 94 valence electrons. The molecule has 0 aliphatic rings. The number of aromatic nitrogens is 4. The highest BCUT2D eigenvalue weighted by Crippen LogP contribution is 2.13. The fourth-order valence-corrected chi connectivity index (χ4v) is 1.72. The average molecular weight is 271 g/mol. The van der Waals surface area contributed by atoms with E-state index in [1.54, 1.807) is 30.8 Å². The van der Waals surface area contributed by atoms with Crippen molar-refractivity contribution in [3.63, 3.8) is 0 Å². The minimum Gasteiger partial charge on any atom is -0.463 e. The SMILES string of the molecule is S=c1[nH]nc(-c2ccccn2)n1/N=C\c1ccco1. The highest BCUT2D eigenvalue weighted by atomic mass is 32.1. The summed E-state index contributed by atoms with van der Waals surface area (Å²) in [5.41, 5.74) is 0.687. The Morgan fingerprint density at radius 3 is 3.00 bits per heavy atom. The average Bonchev–Trinajstić information content (AvgIpc) is 3.07. The van der Waals surface area contributed by atoms with Gasteiger partial charge in [0, 0.05) is 6.20 Å². The summed E-state index contributed by atoms with van der Waals surface area (Å²) < 4.78 is 7.07. The van der Waals surface area contributed by atoms with Crippen molar-refractivity contribution < 1.29 is 4.42 Å². The van der Waals surface area contributed by atoms with Gasteiger partial charge in [-0.1, -0.05) is 6.07 Å². The van der Waals surface area contributed by atoms with Crippen LogP contribution in [0.1, 0.15) is 5.76 Å². The Bertz CT molecular complexity index is 742. The van der Waals surface area contributed by atoms with Gasteiger partial charge in [-0.15, -0.1) is 0 Å². The van der Waals surface area contributed by atoms with Crippen LogP contribution >= 0.6 is 12.2 Å². The summed E-state index contributed by atoms with van der Waals surface area (Å²) in [6.45, 7) is 0. The van der Waals surface area contributed by atoms with Gasteiger partial charge in [-0.2, -0.15) is 14.9 Å². The predicted molar refractivity (Wildman–Crippen MR) is 72.3 cm³/mol. The molecule has 3 heterocycles. The van der Waals surface area contributed by atoms with Crippen LogP contribution in [0.15, 0.2) is 52.3 Å². The maximum atomic E-state index is 5.17. The summed E-state index contributed by atoms with van der Waals surface area (Å²) in [7, 11) is 0. The minimum atomic E-state index is 0.392. The van der Waals surface area contributed by atoms with Gasteiger partial charge in [0.1, 0.15) is 11.5 Å². The highest BCUT2D eigenvalue weighted by Gasteiger charge is 2.08. The number of nitrogens with one attached hydrogen (secondary N) is 1. The second-order valence-electron chi connectivity index (χ2n) is 3.64. The molecule has 0 fully saturated rings. The number of hydrogen-bond donors (Lipinski definition) is 1. The molecule has 1 N–H and O–H groups in total. The molecule has 7 heteroatoms. The van der Waals surface area contributed by atoms with Crippen LogP contribution in [0, 0.1) is 4.77 Å². The molecule has 6 nitrogen and oxygen atoms in total. The van der Waals surface area contributed by atoms with Crippen molar-refractivity contribution in [3.8, 4) is 11.5 Å². The zero-order chi connectivity index (χ0) is 13.1. The Hall–Kier alpha value is -2.54. The summed E-state index contributed by atoms with van der Waals surface area (Å²) in [6.07, 6.45) is 4.83. The van der Waals surface area contributed by atoms with Crippen molar-refractivity contribution in [2.75, 3.05) is 0 Å². The van der Waals surface area contributed by atoms with E-state index in [1.165, 1.54) is 4.68 Å².